The highest BCUT2D eigenvalue weighted by Crippen LogP contribution is 2.26. The number of rotatable bonds is 4. The quantitative estimate of drug-likeness (QED) is 0.574. The van der Waals surface area contributed by atoms with Gasteiger partial charge in [0.15, 0.2) is 0 Å². The summed E-state index contributed by atoms with van der Waals surface area (Å²) in [6, 6.07) is 10.3. The van der Waals surface area contributed by atoms with Gasteiger partial charge in [0.25, 0.3) is 0 Å². The van der Waals surface area contributed by atoms with Gasteiger partial charge in [0, 0.05) is 12.6 Å². The number of thiazole rings is 1. The van der Waals surface area contributed by atoms with E-state index in [1.165, 1.54) is 4.70 Å². The molecule has 0 saturated heterocycles. The summed E-state index contributed by atoms with van der Waals surface area (Å²) < 4.78 is 1.21. The molecule has 3 N–H and O–H groups in total. The van der Waals surface area contributed by atoms with Crippen LogP contribution >= 0.6 is 11.3 Å². The van der Waals surface area contributed by atoms with Crippen molar-refractivity contribution in [2.75, 3.05) is 0 Å². The van der Waals surface area contributed by atoms with Crippen molar-refractivity contribution in [3.05, 3.63) is 58.4 Å². The molecule has 0 saturated carbocycles. The number of nitrogens with two attached hydrogens (primary N) is 1. The number of nitrogens with one attached hydrogen (secondary N) is 1. The Balaban J connectivity index is 1.90. The smallest absolute Gasteiger partial charge is 0.0958 e. The lowest BCUT2D eigenvalue weighted by Crippen LogP contribution is -2.30. The summed E-state index contributed by atoms with van der Waals surface area (Å²) in [7, 11) is 0. The third-order valence-corrected chi connectivity index (χ3v) is 4.56. The minimum Gasteiger partial charge on any atom is -0.271 e. The molecule has 1 aromatic carbocycles. The number of para-hydroxylation sites is 1. The van der Waals surface area contributed by atoms with Crippen molar-refractivity contribution in [1.82, 2.24) is 15.4 Å². The fraction of sp³-hybridized carbons (Fsp3) is 0.250. The molecule has 3 aromatic rings. The number of pyridine rings is 1. The Morgan fingerprint density at radius 2 is 2.10 bits per heavy atom. The maximum absolute atomic E-state index is 5.74. The zero-order valence-corrected chi connectivity index (χ0v) is 12.9. The minimum atomic E-state index is -0.0221. The van der Waals surface area contributed by atoms with E-state index in [9.17, 15) is 0 Å². The third-order valence-electron chi connectivity index (χ3n) is 3.50. The SMILES string of the molecule is Cc1cnc(C(Cc2nc3ccccc3s2)NN)c(C)c1. The van der Waals surface area contributed by atoms with Gasteiger partial charge in [-0.1, -0.05) is 18.2 Å². The van der Waals surface area contributed by atoms with E-state index in [0.717, 1.165) is 33.8 Å². The first kappa shape index (κ1) is 14.1. The molecule has 0 aliphatic rings. The molecule has 3 rings (SSSR count). The molecule has 2 aromatic heterocycles. The highest BCUT2D eigenvalue weighted by molar-refractivity contribution is 7.18. The average Bonchev–Trinajstić information content (AvgIpc) is 2.87. The first-order chi connectivity index (χ1) is 10.2. The largest absolute Gasteiger partial charge is 0.271 e. The molecule has 5 heteroatoms. The summed E-state index contributed by atoms with van der Waals surface area (Å²) in [4.78, 5) is 9.20. The van der Waals surface area contributed by atoms with Crippen LogP contribution in [0, 0.1) is 13.8 Å². The second-order valence-electron chi connectivity index (χ2n) is 5.21. The Morgan fingerprint density at radius 3 is 2.81 bits per heavy atom. The van der Waals surface area contributed by atoms with Crippen molar-refractivity contribution in [1.29, 1.82) is 0 Å². The summed E-state index contributed by atoms with van der Waals surface area (Å²) in [5.41, 5.74) is 7.22. The van der Waals surface area contributed by atoms with Gasteiger partial charge < -0.3 is 0 Å². The van der Waals surface area contributed by atoms with E-state index in [-0.39, 0.29) is 6.04 Å². The monoisotopic (exact) mass is 298 g/mol. The van der Waals surface area contributed by atoms with Crippen LogP contribution in [0.2, 0.25) is 0 Å². The maximum Gasteiger partial charge on any atom is 0.0958 e. The van der Waals surface area contributed by atoms with E-state index >= 15 is 0 Å². The molecule has 0 bridgehead atoms. The molecule has 0 aliphatic heterocycles. The topological polar surface area (TPSA) is 63.8 Å². The molecular weight excluding hydrogens is 280 g/mol. The molecule has 0 amide bonds. The van der Waals surface area contributed by atoms with Gasteiger partial charge in [0.05, 0.1) is 27.0 Å². The van der Waals surface area contributed by atoms with Crippen LogP contribution in [0.25, 0.3) is 10.2 Å². The Kier molecular flexibility index (Phi) is 3.96. The van der Waals surface area contributed by atoms with Gasteiger partial charge in [-0.05, 0) is 37.1 Å². The molecular formula is C16H18N4S. The van der Waals surface area contributed by atoms with Crippen LogP contribution < -0.4 is 11.3 Å². The van der Waals surface area contributed by atoms with E-state index in [2.05, 4.69) is 34.5 Å². The lowest BCUT2D eigenvalue weighted by Gasteiger charge is -2.16. The van der Waals surface area contributed by atoms with Gasteiger partial charge in [-0.15, -0.1) is 11.3 Å². The van der Waals surface area contributed by atoms with Crippen LogP contribution in [-0.2, 0) is 6.42 Å². The van der Waals surface area contributed by atoms with Crippen LogP contribution in [0.5, 0.6) is 0 Å². The van der Waals surface area contributed by atoms with Crippen LogP contribution in [0.3, 0.4) is 0 Å². The molecule has 2 heterocycles. The standard InChI is InChI=1S/C16H18N4S/c1-10-7-11(2)16(18-9-10)13(20-17)8-15-19-12-5-3-4-6-14(12)21-15/h3-7,9,13,20H,8,17H2,1-2H3. The van der Waals surface area contributed by atoms with Crippen molar-refractivity contribution < 1.29 is 0 Å². The molecule has 4 nitrogen and oxygen atoms in total. The van der Waals surface area contributed by atoms with E-state index in [1.807, 2.05) is 31.3 Å². The van der Waals surface area contributed by atoms with E-state index < -0.39 is 0 Å². The Labute approximate surface area is 128 Å². The average molecular weight is 298 g/mol. The van der Waals surface area contributed by atoms with Gasteiger partial charge in [-0.3, -0.25) is 16.3 Å². The number of aryl methyl sites for hydroxylation is 2. The summed E-state index contributed by atoms with van der Waals surface area (Å²) in [5.74, 6) is 5.74. The zero-order valence-electron chi connectivity index (χ0n) is 12.1. The summed E-state index contributed by atoms with van der Waals surface area (Å²) in [6.45, 7) is 4.11. The molecule has 1 unspecified atom stereocenters. The van der Waals surface area contributed by atoms with Gasteiger partial charge in [0.1, 0.15) is 0 Å². The van der Waals surface area contributed by atoms with Crippen LogP contribution in [0.15, 0.2) is 36.5 Å². The molecule has 0 spiro atoms. The summed E-state index contributed by atoms with van der Waals surface area (Å²) in [5, 5.41) is 1.07. The lowest BCUT2D eigenvalue weighted by atomic mass is 10.0. The lowest BCUT2D eigenvalue weighted by molar-refractivity contribution is 0.534. The van der Waals surface area contributed by atoms with Crippen molar-refractivity contribution in [2.24, 2.45) is 5.84 Å². The molecule has 21 heavy (non-hydrogen) atoms. The highest BCUT2D eigenvalue weighted by Gasteiger charge is 2.17. The number of benzene rings is 1. The molecule has 0 fully saturated rings. The second kappa shape index (κ2) is 5.89. The van der Waals surface area contributed by atoms with Crippen molar-refractivity contribution in [2.45, 2.75) is 26.3 Å². The predicted octanol–water partition coefficient (Wildman–Crippen LogP) is 3.06. The molecule has 0 radical (unpaired) electrons. The van der Waals surface area contributed by atoms with Crippen molar-refractivity contribution in [3.8, 4) is 0 Å². The Bertz CT molecular complexity index is 733. The number of hydrazine groups is 1. The molecule has 108 valence electrons. The van der Waals surface area contributed by atoms with Crippen molar-refractivity contribution in [3.63, 3.8) is 0 Å². The first-order valence-corrected chi connectivity index (χ1v) is 7.72. The number of aromatic nitrogens is 2. The van der Waals surface area contributed by atoms with Crippen LogP contribution in [-0.4, -0.2) is 9.97 Å². The maximum atomic E-state index is 5.74. The van der Waals surface area contributed by atoms with Crippen molar-refractivity contribution >= 4 is 21.6 Å². The van der Waals surface area contributed by atoms with E-state index in [1.54, 1.807) is 11.3 Å². The number of fused-ring (bicyclic) bond motifs is 1. The van der Waals surface area contributed by atoms with E-state index in [4.69, 9.17) is 5.84 Å². The number of hydrogen-bond acceptors (Lipinski definition) is 5. The van der Waals surface area contributed by atoms with Gasteiger partial charge >= 0.3 is 0 Å². The summed E-state index contributed by atoms with van der Waals surface area (Å²) in [6.07, 6.45) is 2.62. The highest BCUT2D eigenvalue weighted by atomic mass is 32.1. The van der Waals surface area contributed by atoms with Crippen LogP contribution in [0.1, 0.15) is 27.9 Å². The first-order valence-electron chi connectivity index (χ1n) is 6.91. The fourth-order valence-electron chi connectivity index (χ4n) is 2.51. The Morgan fingerprint density at radius 1 is 1.29 bits per heavy atom. The minimum absolute atomic E-state index is 0.0221. The predicted molar refractivity (Wildman–Crippen MR) is 87.1 cm³/mol. The second-order valence-corrected chi connectivity index (χ2v) is 6.33. The van der Waals surface area contributed by atoms with E-state index in [0.29, 0.717) is 0 Å². The fourth-order valence-corrected chi connectivity index (χ4v) is 3.52. The van der Waals surface area contributed by atoms with Gasteiger partial charge in [-0.25, -0.2) is 4.98 Å². The zero-order chi connectivity index (χ0) is 14.8. The normalized spacial score (nSPS) is 12.7. The molecule has 0 aliphatic carbocycles. The van der Waals surface area contributed by atoms with Gasteiger partial charge in [-0.2, -0.15) is 0 Å². The Hall–Kier alpha value is -1.82. The number of hydrogen-bond donors (Lipinski definition) is 2. The number of nitrogens with zero attached hydrogens (tertiary/aromatic N) is 2. The third kappa shape index (κ3) is 2.95. The molecule has 1 atom stereocenters. The summed E-state index contributed by atoms with van der Waals surface area (Å²) >= 11 is 1.71. The van der Waals surface area contributed by atoms with Crippen LogP contribution in [0.4, 0.5) is 0 Å². The van der Waals surface area contributed by atoms with Gasteiger partial charge in [0.2, 0.25) is 0 Å².